The Kier molecular flexibility index (Phi) is 9.17. The van der Waals surface area contributed by atoms with Gasteiger partial charge in [-0.15, -0.1) is 13.2 Å². The lowest BCUT2D eigenvalue weighted by Crippen LogP contribution is -2.20. The second-order valence-electron chi connectivity index (χ2n) is 9.86. The Morgan fingerprint density at radius 2 is 1.60 bits per heavy atom. The SMILES string of the molecule is C/C(=C/C(=N)C(F)(F)F)Nc1ccc(-c2ccc(CO)c(S(C)(=O)=O)c2)cc1-c1oc(C)nc1-c1ccc(OC(F)(F)F)cc1. The van der Waals surface area contributed by atoms with Crippen LogP contribution >= 0.6 is 0 Å². The van der Waals surface area contributed by atoms with Crippen molar-refractivity contribution in [2.45, 2.75) is 37.9 Å². The molecule has 3 aromatic carbocycles. The number of oxazole rings is 1. The van der Waals surface area contributed by atoms with Crippen molar-refractivity contribution in [3.05, 3.63) is 83.9 Å². The molecule has 1 heterocycles. The number of aromatic nitrogens is 1. The minimum absolute atomic E-state index is 0.0515. The normalized spacial score (nSPS) is 12.7. The Labute approximate surface area is 253 Å². The lowest BCUT2D eigenvalue weighted by Gasteiger charge is -2.16. The van der Waals surface area contributed by atoms with Gasteiger partial charge >= 0.3 is 12.5 Å². The quantitative estimate of drug-likeness (QED) is 0.125. The minimum atomic E-state index is -4.90. The van der Waals surface area contributed by atoms with E-state index in [1.165, 1.54) is 44.2 Å². The second-order valence-corrected chi connectivity index (χ2v) is 11.8. The van der Waals surface area contributed by atoms with Crippen LogP contribution in [0.5, 0.6) is 5.75 Å². The fourth-order valence-electron chi connectivity index (χ4n) is 4.40. The fraction of sp³-hybridized carbons (Fsp3) is 0.200. The Bertz CT molecular complexity index is 1880. The molecule has 238 valence electrons. The third-order valence-corrected chi connectivity index (χ3v) is 7.51. The van der Waals surface area contributed by atoms with Gasteiger partial charge in [-0.2, -0.15) is 13.2 Å². The van der Waals surface area contributed by atoms with Crippen molar-refractivity contribution >= 4 is 21.2 Å². The van der Waals surface area contributed by atoms with E-state index in [1.807, 2.05) is 0 Å². The molecule has 3 N–H and O–H groups in total. The third-order valence-electron chi connectivity index (χ3n) is 6.33. The maximum Gasteiger partial charge on any atom is 0.573 e. The van der Waals surface area contributed by atoms with Crippen LogP contribution < -0.4 is 10.1 Å². The van der Waals surface area contributed by atoms with Crippen LogP contribution in [0.15, 0.2) is 81.7 Å². The predicted molar refractivity (Wildman–Crippen MR) is 154 cm³/mol. The average molecular weight is 654 g/mol. The zero-order chi connectivity index (χ0) is 33.3. The highest BCUT2D eigenvalue weighted by Crippen LogP contribution is 2.40. The number of nitrogens with one attached hydrogen (secondary N) is 2. The Morgan fingerprint density at radius 1 is 1.00 bits per heavy atom. The molecule has 1 aromatic heterocycles. The molecule has 0 aliphatic carbocycles. The number of alkyl halides is 6. The Balaban J connectivity index is 1.89. The summed E-state index contributed by atoms with van der Waals surface area (Å²) in [6.45, 7) is 2.31. The van der Waals surface area contributed by atoms with Crippen molar-refractivity contribution in [1.29, 1.82) is 5.41 Å². The number of nitrogens with zero attached hydrogens (tertiary/aromatic N) is 1. The van der Waals surface area contributed by atoms with E-state index in [0.29, 0.717) is 22.8 Å². The summed E-state index contributed by atoms with van der Waals surface area (Å²) in [5.74, 6) is -0.224. The van der Waals surface area contributed by atoms with Crippen molar-refractivity contribution in [2.24, 2.45) is 0 Å². The van der Waals surface area contributed by atoms with Crippen LogP contribution in [-0.2, 0) is 16.4 Å². The molecule has 15 heteroatoms. The molecule has 0 saturated carbocycles. The highest BCUT2D eigenvalue weighted by Gasteiger charge is 2.33. The van der Waals surface area contributed by atoms with Crippen LogP contribution in [0, 0.1) is 12.3 Å². The standard InChI is InChI=1S/C30H25F6N3O5S/c1-16(12-26(37)29(31,32)33)38-24-11-8-19(20-4-5-21(15-40)25(14-20)45(3,41)42)13-23(24)28-27(39-17(2)43-28)18-6-9-22(10-7-18)44-30(34,35)36/h4-14,37-38,40H,15H2,1-3H3/b16-12-,37-26?. The summed E-state index contributed by atoms with van der Waals surface area (Å²) in [6, 6.07) is 13.8. The topological polar surface area (TPSA) is 126 Å². The number of anilines is 1. The van der Waals surface area contributed by atoms with E-state index < -0.39 is 40.4 Å². The van der Waals surface area contributed by atoms with Crippen molar-refractivity contribution in [1.82, 2.24) is 4.98 Å². The molecular formula is C30H25F6N3O5S. The highest BCUT2D eigenvalue weighted by molar-refractivity contribution is 7.90. The van der Waals surface area contributed by atoms with Crippen LogP contribution in [0.1, 0.15) is 18.4 Å². The fourth-order valence-corrected chi connectivity index (χ4v) is 5.35. The average Bonchev–Trinajstić information content (AvgIpc) is 3.32. The number of hydrogen-bond acceptors (Lipinski definition) is 8. The zero-order valence-electron chi connectivity index (χ0n) is 23.8. The van der Waals surface area contributed by atoms with Gasteiger partial charge in [-0.3, -0.25) is 5.41 Å². The van der Waals surface area contributed by atoms with Gasteiger partial charge in [0.2, 0.25) is 0 Å². The number of allylic oxidation sites excluding steroid dienone is 2. The molecule has 0 radical (unpaired) electrons. The van der Waals surface area contributed by atoms with Crippen LogP contribution in [0.4, 0.5) is 32.0 Å². The number of halogens is 6. The number of aryl methyl sites for hydroxylation is 1. The molecule has 0 saturated heterocycles. The molecule has 0 spiro atoms. The number of rotatable bonds is 9. The van der Waals surface area contributed by atoms with E-state index in [1.54, 1.807) is 18.2 Å². The number of benzene rings is 3. The van der Waals surface area contributed by atoms with Gasteiger partial charge in [-0.25, -0.2) is 13.4 Å². The van der Waals surface area contributed by atoms with Gasteiger partial charge in [0.05, 0.1) is 11.5 Å². The molecule has 0 amide bonds. The summed E-state index contributed by atoms with van der Waals surface area (Å²) in [6.07, 6.45) is -8.20. The summed E-state index contributed by atoms with van der Waals surface area (Å²) in [5.41, 5.74) is 0.364. The Morgan fingerprint density at radius 3 is 2.18 bits per heavy atom. The summed E-state index contributed by atoms with van der Waals surface area (Å²) in [4.78, 5) is 4.27. The lowest BCUT2D eigenvalue weighted by molar-refractivity contribution is -0.274. The van der Waals surface area contributed by atoms with Crippen LogP contribution in [-0.4, -0.2) is 43.0 Å². The number of ether oxygens (including phenoxy) is 1. The van der Waals surface area contributed by atoms with Gasteiger partial charge in [0, 0.05) is 35.7 Å². The van der Waals surface area contributed by atoms with E-state index in [9.17, 15) is 39.9 Å². The van der Waals surface area contributed by atoms with Crippen molar-refractivity contribution in [3.63, 3.8) is 0 Å². The molecular weight excluding hydrogens is 628 g/mol. The highest BCUT2D eigenvalue weighted by atomic mass is 32.2. The Hall–Kier alpha value is -4.63. The molecule has 0 bridgehead atoms. The predicted octanol–water partition coefficient (Wildman–Crippen LogP) is 7.68. The van der Waals surface area contributed by atoms with Gasteiger partial charge in [-0.1, -0.05) is 18.2 Å². The minimum Gasteiger partial charge on any atom is -0.440 e. The third kappa shape index (κ3) is 8.10. The largest absolute Gasteiger partial charge is 0.573 e. The monoisotopic (exact) mass is 653 g/mol. The lowest BCUT2D eigenvalue weighted by atomic mass is 9.97. The molecule has 0 fully saturated rings. The van der Waals surface area contributed by atoms with Gasteiger partial charge in [-0.05, 0) is 72.2 Å². The van der Waals surface area contributed by atoms with Crippen molar-refractivity contribution in [2.75, 3.05) is 11.6 Å². The molecule has 0 aliphatic heterocycles. The smallest absolute Gasteiger partial charge is 0.440 e. The maximum absolute atomic E-state index is 13.0. The number of hydrogen-bond donors (Lipinski definition) is 3. The van der Waals surface area contributed by atoms with Gasteiger partial charge in [0.1, 0.15) is 17.2 Å². The number of sulfone groups is 1. The van der Waals surface area contributed by atoms with Crippen LogP contribution in [0.25, 0.3) is 33.7 Å². The van der Waals surface area contributed by atoms with E-state index >= 15 is 0 Å². The van der Waals surface area contributed by atoms with Crippen LogP contribution in [0.3, 0.4) is 0 Å². The first-order valence-corrected chi connectivity index (χ1v) is 14.8. The number of aliphatic hydroxyl groups excluding tert-OH is 1. The molecule has 0 atom stereocenters. The molecule has 4 rings (SSSR count). The number of aliphatic hydroxyl groups is 1. The molecule has 8 nitrogen and oxygen atoms in total. The molecule has 4 aromatic rings. The first-order valence-electron chi connectivity index (χ1n) is 12.9. The van der Waals surface area contributed by atoms with E-state index in [4.69, 9.17) is 9.83 Å². The van der Waals surface area contributed by atoms with E-state index in [2.05, 4.69) is 15.0 Å². The molecule has 0 aliphatic rings. The summed E-state index contributed by atoms with van der Waals surface area (Å²) < 4.78 is 112. The van der Waals surface area contributed by atoms with Crippen LogP contribution in [0.2, 0.25) is 0 Å². The zero-order valence-corrected chi connectivity index (χ0v) is 24.6. The van der Waals surface area contributed by atoms with Crippen molar-refractivity contribution in [3.8, 4) is 39.5 Å². The summed E-state index contributed by atoms with van der Waals surface area (Å²) >= 11 is 0. The van der Waals surface area contributed by atoms with E-state index in [-0.39, 0.29) is 44.8 Å². The van der Waals surface area contributed by atoms with Gasteiger partial charge in [0.15, 0.2) is 21.5 Å². The summed E-state index contributed by atoms with van der Waals surface area (Å²) in [7, 11) is -3.74. The molecule has 0 unspecified atom stereocenters. The van der Waals surface area contributed by atoms with E-state index in [0.717, 1.165) is 18.4 Å². The van der Waals surface area contributed by atoms with Gasteiger partial charge in [0.25, 0.3) is 0 Å². The van der Waals surface area contributed by atoms with Gasteiger partial charge < -0.3 is 19.6 Å². The first-order chi connectivity index (χ1) is 20.9. The van der Waals surface area contributed by atoms with Crippen molar-refractivity contribution < 1.29 is 49.0 Å². The summed E-state index contributed by atoms with van der Waals surface area (Å²) in [5, 5.41) is 19.8. The maximum atomic E-state index is 13.0. The first kappa shape index (κ1) is 33.3. The molecule has 45 heavy (non-hydrogen) atoms. The second kappa shape index (κ2) is 12.4.